The fourth-order valence-electron chi connectivity index (χ4n) is 1.97. The van der Waals surface area contributed by atoms with E-state index in [2.05, 4.69) is 4.98 Å². The third kappa shape index (κ3) is 2.70. The molecular formula is C12H14N2O5. The van der Waals surface area contributed by atoms with Crippen molar-refractivity contribution in [1.29, 1.82) is 0 Å². The first-order valence-corrected chi connectivity index (χ1v) is 5.76. The molecule has 1 aromatic heterocycles. The summed E-state index contributed by atoms with van der Waals surface area (Å²) in [6, 6.07) is 0. The minimum atomic E-state index is -0.780. The zero-order valence-corrected chi connectivity index (χ0v) is 10.3. The first-order chi connectivity index (χ1) is 9.02. The number of terminal acetylenes is 1. The molecule has 0 aromatic carbocycles. The maximum Gasteiger partial charge on any atom is 0.330 e. The standard InChI is InChI=1S/C12H14N2O5/c1-3-18-6-9-8(15)4-10(19-9)14-5-7(2)11(16)13-12(14)17/h1,5,8-10,15H,4,6H2,2H3,(H,13,16,17)/t8-,9+,10+/m0/s1. The normalized spacial score (nSPS) is 26.1. The van der Waals surface area contributed by atoms with E-state index in [1.165, 1.54) is 10.8 Å². The van der Waals surface area contributed by atoms with E-state index in [0.29, 0.717) is 5.56 Å². The number of hydrogen-bond acceptors (Lipinski definition) is 5. The largest absolute Gasteiger partial charge is 0.444 e. The number of aliphatic hydroxyl groups excluding tert-OH is 1. The zero-order valence-electron chi connectivity index (χ0n) is 10.3. The summed E-state index contributed by atoms with van der Waals surface area (Å²) in [5.41, 5.74) is -0.626. The van der Waals surface area contributed by atoms with Crippen molar-refractivity contribution in [2.45, 2.75) is 31.8 Å². The second kappa shape index (κ2) is 5.30. The second-order valence-electron chi connectivity index (χ2n) is 4.34. The van der Waals surface area contributed by atoms with Crippen molar-refractivity contribution in [3.63, 3.8) is 0 Å². The molecule has 0 unspecified atom stereocenters. The molecule has 1 aromatic rings. The van der Waals surface area contributed by atoms with Crippen LogP contribution in [0.5, 0.6) is 0 Å². The van der Waals surface area contributed by atoms with Gasteiger partial charge in [-0.15, -0.1) is 0 Å². The summed E-state index contributed by atoms with van der Waals surface area (Å²) >= 11 is 0. The van der Waals surface area contributed by atoms with Crippen molar-refractivity contribution in [2.24, 2.45) is 0 Å². The average Bonchev–Trinajstić information content (AvgIpc) is 2.72. The molecule has 1 fully saturated rings. The van der Waals surface area contributed by atoms with Crippen molar-refractivity contribution in [1.82, 2.24) is 9.55 Å². The van der Waals surface area contributed by atoms with Crippen LogP contribution in [-0.4, -0.2) is 33.5 Å². The van der Waals surface area contributed by atoms with E-state index in [4.69, 9.17) is 15.9 Å². The van der Waals surface area contributed by atoms with Crippen LogP contribution in [0.15, 0.2) is 15.8 Å². The van der Waals surface area contributed by atoms with E-state index in [-0.39, 0.29) is 13.0 Å². The summed E-state index contributed by atoms with van der Waals surface area (Å²) in [6.07, 6.45) is 6.55. The van der Waals surface area contributed by atoms with Gasteiger partial charge in [-0.25, -0.2) is 4.79 Å². The number of rotatable bonds is 3. The Kier molecular flexibility index (Phi) is 3.74. The molecular weight excluding hydrogens is 252 g/mol. The number of nitrogens with one attached hydrogen (secondary N) is 1. The number of aromatic amines is 1. The molecule has 19 heavy (non-hydrogen) atoms. The van der Waals surface area contributed by atoms with E-state index in [1.807, 2.05) is 6.11 Å². The Morgan fingerprint density at radius 2 is 2.42 bits per heavy atom. The molecule has 2 N–H and O–H groups in total. The number of aryl methyl sites for hydroxylation is 1. The predicted octanol–water partition coefficient (Wildman–Crippen LogP) is -0.899. The lowest BCUT2D eigenvalue weighted by Gasteiger charge is -2.15. The number of nitrogens with zero attached hydrogens (tertiary/aromatic N) is 1. The summed E-state index contributed by atoms with van der Waals surface area (Å²) in [5, 5.41) is 9.80. The molecule has 0 spiro atoms. The topological polar surface area (TPSA) is 93.5 Å². The third-order valence-electron chi connectivity index (χ3n) is 2.99. The quantitative estimate of drug-likeness (QED) is 0.692. The maximum atomic E-state index is 11.7. The van der Waals surface area contributed by atoms with Gasteiger partial charge in [-0.1, -0.05) is 6.42 Å². The van der Waals surface area contributed by atoms with Crippen LogP contribution in [0.4, 0.5) is 0 Å². The van der Waals surface area contributed by atoms with Crippen LogP contribution in [0.25, 0.3) is 0 Å². The Morgan fingerprint density at radius 1 is 1.68 bits per heavy atom. The van der Waals surface area contributed by atoms with Gasteiger partial charge in [-0.3, -0.25) is 14.3 Å². The molecule has 0 bridgehead atoms. The molecule has 2 rings (SSSR count). The first-order valence-electron chi connectivity index (χ1n) is 5.76. The molecule has 1 aliphatic heterocycles. The molecule has 0 amide bonds. The van der Waals surface area contributed by atoms with E-state index in [9.17, 15) is 14.7 Å². The Balaban J connectivity index is 2.21. The average molecular weight is 266 g/mol. The summed E-state index contributed by atoms with van der Waals surface area (Å²) in [5.74, 6) is 0. The fraction of sp³-hybridized carbons (Fsp3) is 0.500. The lowest BCUT2D eigenvalue weighted by molar-refractivity contribution is -0.0458. The molecule has 2 heterocycles. The van der Waals surface area contributed by atoms with Crippen LogP contribution in [-0.2, 0) is 9.47 Å². The summed E-state index contributed by atoms with van der Waals surface area (Å²) in [4.78, 5) is 25.1. The number of ether oxygens (including phenoxy) is 2. The molecule has 1 aliphatic rings. The van der Waals surface area contributed by atoms with Crippen molar-refractivity contribution >= 4 is 0 Å². The van der Waals surface area contributed by atoms with E-state index in [0.717, 1.165) is 0 Å². The Labute approximate surface area is 108 Å². The predicted molar refractivity (Wildman–Crippen MR) is 65.4 cm³/mol. The number of H-pyrrole nitrogens is 1. The van der Waals surface area contributed by atoms with Crippen LogP contribution in [0.3, 0.4) is 0 Å². The van der Waals surface area contributed by atoms with Crippen LogP contribution in [0.2, 0.25) is 0 Å². The minimum Gasteiger partial charge on any atom is -0.444 e. The highest BCUT2D eigenvalue weighted by molar-refractivity contribution is 5.02. The van der Waals surface area contributed by atoms with E-state index >= 15 is 0 Å². The lowest BCUT2D eigenvalue weighted by Crippen LogP contribution is -2.33. The van der Waals surface area contributed by atoms with Gasteiger partial charge in [0.25, 0.3) is 5.56 Å². The van der Waals surface area contributed by atoms with E-state index in [1.54, 1.807) is 6.92 Å². The van der Waals surface area contributed by atoms with Crippen molar-refractivity contribution < 1.29 is 14.6 Å². The molecule has 7 nitrogen and oxygen atoms in total. The monoisotopic (exact) mass is 266 g/mol. The summed E-state index contributed by atoms with van der Waals surface area (Å²) in [6.45, 7) is 1.63. The highest BCUT2D eigenvalue weighted by Crippen LogP contribution is 2.27. The Morgan fingerprint density at radius 3 is 3.11 bits per heavy atom. The zero-order chi connectivity index (χ0) is 14.0. The van der Waals surface area contributed by atoms with Crippen LogP contribution < -0.4 is 11.2 Å². The lowest BCUT2D eigenvalue weighted by atomic mass is 10.2. The second-order valence-corrected chi connectivity index (χ2v) is 4.34. The number of hydrogen-bond donors (Lipinski definition) is 2. The molecule has 0 radical (unpaired) electrons. The van der Waals surface area contributed by atoms with Gasteiger partial charge in [0.05, 0.1) is 6.10 Å². The minimum absolute atomic E-state index is 0.0469. The van der Waals surface area contributed by atoms with Gasteiger partial charge in [0.15, 0.2) is 0 Å². The highest BCUT2D eigenvalue weighted by Gasteiger charge is 2.35. The van der Waals surface area contributed by atoms with Gasteiger partial charge >= 0.3 is 5.69 Å². The van der Waals surface area contributed by atoms with Crippen LogP contribution >= 0.6 is 0 Å². The van der Waals surface area contributed by atoms with Gasteiger partial charge in [0, 0.05) is 18.2 Å². The Bertz CT molecular complexity index is 612. The first kappa shape index (κ1) is 13.4. The molecule has 0 aliphatic carbocycles. The van der Waals surface area contributed by atoms with Gasteiger partial charge in [0.2, 0.25) is 0 Å². The smallest absolute Gasteiger partial charge is 0.330 e. The molecule has 7 heteroatoms. The van der Waals surface area contributed by atoms with Gasteiger partial charge in [0.1, 0.15) is 25.0 Å². The maximum absolute atomic E-state index is 11.7. The highest BCUT2D eigenvalue weighted by atomic mass is 16.6. The van der Waals surface area contributed by atoms with Crippen molar-refractivity contribution in [3.05, 3.63) is 32.6 Å². The molecule has 0 saturated carbocycles. The summed E-state index contributed by atoms with van der Waals surface area (Å²) in [7, 11) is 0. The van der Waals surface area contributed by atoms with Crippen LogP contribution in [0.1, 0.15) is 18.2 Å². The molecule has 3 atom stereocenters. The van der Waals surface area contributed by atoms with Crippen molar-refractivity contribution in [2.75, 3.05) is 6.61 Å². The van der Waals surface area contributed by atoms with Gasteiger partial charge < -0.3 is 14.6 Å². The fourth-order valence-corrected chi connectivity index (χ4v) is 1.97. The van der Waals surface area contributed by atoms with Gasteiger partial charge in [-0.2, -0.15) is 0 Å². The van der Waals surface area contributed by atoms with Crippen LogP contribution in [0, 0.1) is 19.5 Å². The number of aromatic nitrogens is 2. The van der Waals surface area contributed by atoms with Crippen molar-refractivity contribution in [3.8, 4) is 12.5 Å². The Hall–Kier alpha value is -2.04. The third-order valence-corrected chi connectivity index (χ3v) is 2.99. The molecule has 102 valence electrons. The van der Waals surface area contributed by atoms with Gasteiger partial charge in [-0.05, 0) is 6.92 Å². The summed E-state index contributed by atoms with van der Waals surface area (Å²) < 4.78 is 11.5. The molecule has 1 saturated heterocycles. The SMILES string of the molecule is C#COC[C@H]1O[C@@H](n2cc(C)c(=O)[nH]c2=O)C[C@@H]1O. The van der Waals surface area contributed by atoms with E-state index < -0.39 is 29.7 Å². The number of aliphatic hydroxyl groups is 1.